The van der Waals surface area contributed by atoms with Crippen molar-refractivity contribution in [3.63, 3.8) is 0 Å². The van der Waals surface area contributed by atoms with Gasteiger partial charge in [-0.2, -0.15) is 21.6 Å². The van der Waals surface area contributed by atoms with Crippen LogP contribution < -0.4 is 8.92 Å². The Morgan fingerprint density at radius 1 is 1.03 bits per heavy atom. The summed E-state index contributed by atoms with van der Waals surface area (Å²) in [6.07, 6.45) is 1.90. The first-order chi connectivity index (χ1) is 16.8. The van der Waals surface area contributed by atoms with Crippen molar-refractivity contribution in [3.8, 4) is 11.5 Å². The molecule has 1 aliphatic carbocycles. The maximum absolute atomic E-state index is 13.8. The molecule has 1 aliphatic rings. The van der Waals surface area contributed by atoms with Crippen LogP contribution in [0.5, 0.6) is 11.5 Å². The summed E-state index contributed by atoms with van der Waals surface area (Å²) in [5, 5.41) is 0.138. The number of aryl methyl sites for hydroxylation is 2. The van der Waals surface area contributed by atoms with Gasteiger partial charge in [-0.05, 0) is 50.3 Å². The molecule has 36 heavy (non-hydrogen) atoms. The molecule has 0 atom stereocenters. The lowest BCUT2D eigenvalue weighted by Crippen LogP contribution is -2.28. The number of rotatable bonds is 7. The highest BCUT2D eigenvalue weighted by Gasteiger charge is 2.49. The van der Waals surface area contributed by atoms with Crippen LogP contribution in [0, 0.1) is 6.92 Å². The first kappa shape index (κ1) is 26.0. The van der Waals surface area contributed by atoms with Crippen LogP contribution in [-0.2, 0) is 44.2 Å². The molecule has 3 aromatic rings. The van der Waals surface area contributed by atoms with Gasteiger partial charge in [-0.3, -0.25) is 0 Å². The van der Waals surface area contributed by atoms with Crippen LogP contribution in [0.25, 0.3) is 10.9 Å². The van der Waals surface area contributed by atoms with Gasteiger partial charge in [0.2, 0.25) is 0 Å². The van der Waals surface area contributed by atoms with E-state index in [1.807, 2.05) is 0 Å². The van der Waals surface area contributed by atoms with Gasteiger partial charge in [-0.1, -0.05) is 17.7 Å². The largest absolute Gasteiger partial charge is 0.534 e. The molecular weight excluding hydrogens is 523 g/mol. The van der Waals surface area contributed by atoms with E-state index in [0.29, 0.717) is 43.2 Å². The lowest BCUT2D eigenvalue weighted by atomic mass is 9.92. The van der Waals surface area contributed by atoms with Crippen LogP contribution in [0.2, 0.25) is 0 Å². The zero-order valence-electron chi connectivity index (χ0n) is 19.3. The fourth-order valence-electron chi connectivity index (χ4n) is 4.47. The van der Waals surface area contributed by atoms with Gasteiger partial charge in [-0.25, -0.2) is 12.4 Å². The Morgan fingerprint density at radius 2 is 1.67 bits per heavy atom. The average Bonchev–Trinajstić information content (AvgIpc) is 3.16. The third-order valence-electron chi connectivity index (χ3n) is 6.07. The molecule has 0 saturated heterocycles. The molecule has 194 valence electrons. The number of hydrogen-bond donors (Lipinski definition) is 0. The molecule has 13 heteroatoms. The smallest absolute Gasteiger partial charge is 0.494 e. The van der Waals surface area contributed by atoms with E-state index >= 15 is 0 Å². The second-order valence-electron chi connectivity index (χ2n) is 8.35. The molecule has 8 nitrogen and oxygen atoms in total. The zero-order chi connectivity index (χ0) is 26.5. The van der Waals surface area contributed by atoms with E-state index in [4.69, 9.17) is 4.74 Å². The van der Waals surface area contributed by atoms with E-state index in [-0.39, 0.29) is 27.1 Å². The standard InChI is InChI=1S/C23H22F3NO7S2/c1-14-7-9-15(10-8-14)35(29,30)27-18-6-4-3-5-16(18)21-17(11-12-28)19(13-20(33-2)22(21)27)34-36(31,32)23(24,25)26/h7-10,12-13H,3-6,11H2,1-2H3. The van der Waals surface area contributed by atoms with E-state index in [1.54, 1.807) is 19.1 Å². The maximum atomic E-state index is 13.8. The van der Waals surface area contributed by atoms with E-state index in [9.17, 15) is 34.8 Å². The Kier molecular flexibility index (Phi) is 6.58. The summed E-state index contributed by atoms with van der Waals surface area (Å²) in [6, 6.07) is 7.02. The predicted octanol–water partition coefficient (Wildman–Crippen LogP) is 4.04. The molecule has 0 N–H and O–H groups in total. The third-order valence-corrected chi connectivity index (χ3v) is 8.79. The molecule has 1 heterocycles. The summed E-state index contributed by atoms with van der Waals surface area (Å²) >= 11 is 0. The Labute approximate surface area is 205 Å². The van der Waals surface area contributed by atoms with E-state index in [0.717, 1.165) is 15.6 Å². The highest BCUT2D eigenvalue weighted by molar-refractivity contribution is 7.90. The van der Waals surface area contributed by atoms with Crippen LogP contribution in [0.3, 0.4) is 0 Å². The first-order valence-corrected chi connectivity index (χ1v) is 13.7. The monoisotopic (exact) mass is 545 g/mol. The van der Waals surface area contributed by atoms with Crippen molar-refractivity contribution in [3.05, 3.63) is 52.7 Å². The number of benzene rings is 2. The summed E-state index contributed by atoms with van der Waals surface area (Å²) in [5.41, 5.74) is -4.13. The van der Waals surface area contributed by atoms with E-state index < -0.39 is 37.8 Å². The second kappa shape index (κ2) is 9.11. The molecule has 0 saturated carbocycles. The molecular formula is C23H22F3NO7S2. The molecule has 0 spiro atoms. The average molecular weight is 546 g/mol. The van der Waals surface area contributed by atoms with E-state index in [1.165, 1.54) is 19.2 Å². The van der Waals surface area contributed by atoms with Gasteiger partial charge in [-0.15, -0.1) is 0 Å². The Hall–Kier alpha value is -3.06. The Balaban J connectivity index is 2.12. The predicted molar refractivity (Wildman–Crippen MR) is 124 cm³/mol. The molecule has 2 aromatic carbocycles. The van der Waals surface area contributed by atoms with E-state index in [2.05, 4.69) is 4.18 Å². The minimum Gasteiger partial charge on any atom is -0.494 e. The number of methoxy groups -OCH3 is 1. The highest BCUT2D eigenvalue weighted by Crippen LogP contribution is 2.45. The molecule has 1 aromatic heterocycles. The van der Waals surface area contributed by atoms with Crippen molar-refractivity contribution in [2.45, 2.75) is 49.4 Å². The molecule has 0 amide bonds. The summed E-state index contributed by atoms with van der Waals surface area (Å²) in [5.74, 6) is -0.959. The number of carbonyl (C=O) groups excluding carboxylic acids is 1. The third kappa shape index (κ3) is 4.23. The van der Waals surface area contributed by atoms with Crippen LogP contribution in [0.1, 0.15) is 35.2 Å². The minimum absolute atomic E-state index is 0.0126. The lowest BCUT2D eigenvalue weighted by Gasteiger charge is -2.17. The van der Waals surface area contributed by atoms with Gasteiger partial charge in [0.15, 0.2) is 5.75 Å². The van der Waals surface area contributed by atoms with Crippen molar-refractivity contribution in [1.82, 2.24) is 3.97 Å². The molecule has 0 fully saturated rings. The number of alkyl halides is 3. The van der Waals surface area contributed by atoms with Crippen molar-refractivity contribution >= 4 is 37.3 Å². The number of aromatic nitrogens is 1. The van der Waals surface area contributed by atoms with Crippen LogP contribution in [0.15, 0.2) is 35.2 Å². The summed E-state index contributed by atoms with van der Waals surface area (Å²) in [6.45, 7) is 1.80. The number of halogens is 3. The van der Waals surface area contributed by atoms with Gasteiger partial charge < -0.3 is 13.7 Å². The minimum atomic E-state index is -6.07. The van der Waals surface area contributed by atoms with Gasteiger partial charge >= 0.3 is 15.6 Å². The summed E-state index contributed by atoms with van der Waals surface area (Å²) in [7, 11) is -9.11. The number of fused-ring (bicyclic) bond motifs is 3. The van der Waals surface area contributed by atoms with Crippen molar-refractivity contribution in [2.24, 2.45) is 0 Å². The Morgan fingerprint density at radius 3 is 2.25 bits per heavy atom. The lowest BCUT2D eigenvalue weighted by molar-refractivity contribution is -0.107. The molecule has 0 aliphatic heterocycles. The second-order valence-corrected chi connectivity index (χ2v) is 11.7. The Bertz CT molecular complexity index is 1560. The zero-order valence-corrected chi connectivity index (χ0v) is 20.9. The quantitative estimate of drug-likeness (QED) is 0.250. The van der Waals surface area contributed by atoms with Crippen molar-refractivity contribution < 1.29 is 43.7 Å². The molecule has 0 unspecified atom stereocenters. The highest BCUT2D eigenvalue weighted by atomic mass is 32.2. The van der Waals surface area contributed by atoms with Gasteiger partial charge in [0.1, 0.15) is 17.6 Å². The van der Waals surface area contributed by atoms with Gasteiger partial charge in [0.05, 0.1) is 12.0 Å². The molecule has 0 radical (unpaired) electrons. The topological polar surface area (TPSA) is 109 Å². The van der Waals surface area contributed by atoms with Crippen molar-refractivity contribution in [1.29, 1.82) is 0 Å². The van der Waals surface area contributed by atoms with Crippen LogP contribution >= 0.6 is 0 Å². The fraction of sp³-hybridized carbons (Fsp3) is 0.348. The fourth-order valence-corrected chi connectivity index (χ4v) is 6.55. The van der Waals surface area contributed by atoms with Crippen molar-refractivity contribution in [2.75, 3.05) is 7.11 Å². The number of aldehydes is 1. The van der Waals surface area contributed by atoms with Gasteiger partial charge in [0.25, 0.3) is 10.0 Å². The number of ether oxygens (including phenoxy) is 1. The SMILES string of the molecule is COc1cc(OS(=O)(=O)C(F)(F)F)c(CC=O)c2c3c(n(S(=O)(=O)c4ccc(C)cc4)c12)CCCC3. The summed E-state index contributed by atoms with van der Waals surface area (Å²) in [4.78, 5) is 11.5. The first-order valence-electron chi connectivity index (χ1n) is 10.9. The molecule has 4 rings (SSSR count). The normalized spacial score (nSPS) is 14.5. The maximum Gasteiger partial charge on any atom is 0.534 e. The number of hydrogen-bond acceptors (Lipinski definition) is 7. The van der Waals surface area contributed by atoms with Crippen LogP contribution in [-0.4, -0.2) is 39.7 Å². The van der Waals surface area contributed by atoms with Crippen LogP contribution in [0.4, 0.5) is 13.2 Å². The number of nitrogens with zero attached hydrogens (tertiary/aromatic N) is 1. The van der Waals surface area contributed by atoms with Gasteiger partial charge in [0, 0.05) is 29.1 Å². The summed E-state index contributed by atoms with van der Waals surface area (Å²) < 4.78 is 101. The molecule has 0 bridgehead atoms. The number of carbonyl (C=O) groups is 1.